The van der Waals surface area contributed by atoms with Crippen molar-refractivity contribution in [3.05, 3.63) is 30.0 Å². The number of para-hydroxylation sites is 2. The zero-order chi connectivity index (χ0) is 16.7. The van der Waals surface area contributed by atoms with Gasteiger partial charge in [0, 0.05) is 31.5 Å². The molecule has 0 unspecified atom stereocenters. The number of aryl methyl sites for hydroxylation is 1. The molecule has 1 saturated carbocycles. The number of hydrogen-bond donors (Lipinski definition) is 1. The molecule has 2 atom stereocenters. The zero-order valence-corrected chi connectivity index (χ0v) is 14.4. The van der Waals surface area contributed by atoms with Gasteiger partial charge in [-0.05, 0) is 38.8 Å². The fourth-order valence-corrected chi connectivity index (χ4v) is 4.33. The highest BCUT2D eigenvalue weighted by Crippen LogP contribution is 2.51. The van der Waals surface area contributed by atoms with Crippen LogP contribution in [0.3, 0.4) is 0 Å². The van der Waals surface area contributed by atoms with Gasteiger partial charge in [0.2, 0.25) is 0 Å². The van der Waals surface area contributed by atoms with Crippen molar-refractivity contribution in [1.82, 2.24) is 9.97 Å². The lowest BCUT2D eigenvalue weighted by Crippen LogP contribution is -2.62. The highest BCUT2D eigenvalue weighted by Gasteiger charge is 2.56. The molecule has 0 amide bonds. The van der Waals surface area contributed by atoms with Gasteiger partial charge >= 0.3 is 0 Å². The van der Waals surface area contributed by atoms with E-state index in [-0.39, 0.29) is 17.6 Å². The number of nitrogens with zero attached hydrogens (tertiary/aromatic N) is 3. The molecular formula is C19H25N3O2. The van der Waals surface area contributed by atoms with E-state index in [0.717, 1.165) is 61.5 Å². The Bertz CT molecular complexity index is 738. The number of aromatic nitrogens is 2. The minimum atomic E-state index is -0.222. The molecular weight excluding hydrogens is 302 g/mol. The topological polar surface area (TPSA) is 58.5 Å². The average Bonchev–Trinajstić information content (AvgIpc) is 2.61. The van der Waals surface area contributed by atoms with Crippen LogP contribution in [0.2, 0.25) is 0 Å². The number of anilines is 1. The van der Waals surface area contributed by atoms with Crippen molar-refractivity contribution in [2.75, 3.05) is 24.6 Å². The molecule has 1 aliphatic heterocycles. The van der Waals surface area contributed by atoms with E-state index >= 15 is 0 Å². The summed E-state index contributed by atoms with van der Waals surface area (Å²) < 4.78 is 5.86. The molecule has 5 heteroatoms. The summed E-state index contributed by atoms with van der Waals surface area (Å²) >= 11 is 0. The van der Waals surface area contributed by atoms with Crippen LogP contribution in [-0.2, 0) is 4.74 Å². The number of aliphatic hydroxyl groups is 1. The molecule has 24 heavy (non-hydrogen) atoms. The maximum atomic E-state index is 10.3. The maximum Gasteiger partial charge on any atom is 0.150 e. The highest BCUT2D eigenvalue weighted by atomic mass is 16.5. The molecule has 2 aromatic rings. The van der Waals surface area contributed by atoms with E-state index in [9.17, 15) is 5.11 Å². The molecule has 2 fully saturated rings. The van der Waals surface area contributed by atoms with E-state index in [0.29, 0.717) is 0 Å². The number of piperidine rings is 1. The van der Waals surface area contributed by atoms with Crippen molar-refractivity contribution in [1.29, 1.82) is 0 Å². The number of fused-ring (bicyclic) bond motifs is 1. The summed E-state index contributed by atoms with van der Waals surface area (Å²) in [7, 11) is 0. The van der Waals surface area contributed by atoms with Crippen LogP contribution >= 0.6 is 0 Å². The molecule has 128 valence electrons. The largest absolute Gasteiger partial charge is 0.392 e. The number of benzene rings is 1. The van der Waals surface area contributed by atoms with Gasteiger partial charge < -0.3 is 14.7 Å². The van der Waals surface area contributed by atoms with Crippen molar-refractivity contribution >= 4 is 16.9 Å². The van der Waals surface area contributed by atoms with Gasteiger partial charge in [-0.2, -0.15) is 0 Å². The van der Waals surface area contributed by atoms with E-state index in [1.807, 2.05) is 38.1 Å². The van der Waals surface area contributed by atoms with Gasteiger partial charge in [-0.15, -0.1) is 0 Å². The summed E-state index contributed by atoms with van der Waals surface area (Å²) in [6, 6.07) is 8.00. The van der Waals surface area contributed by atoms with Crippen molar-refractivity contribution in [3.8, 4) is 0 Å². The number of rotatable bonds is 3. The van der Waals surface area contributed by atoms with Gasteiger partial charge in [-0.3, -0.25) is 0 Å². The summed E-state index contributed by atoms with van der Waals surface area (Å²) in [6.45, 7) is 6.57. The zero-order valence-electron chi connectivity index (χ0n) is 14.4. The Morgan fingerprint density at radius 3 is 2.50 bits per heavy atom. The molecule has 1 aromatic heterocycles. The van der Waals surface area contributed by atoms with Gasteiger partial charge in [-0.25, -0.2) is 9.97 Å². The Morgan fingerprint density at radius 1 is 1.21 bits per heavy atom. The summed E-state index contributed by atoms with van der Waals surface area (Å²) in [5.41, 5.74) is 2.80. The Morgan fingerprint density at radius 2 is 1.88 bits per heavy atom. The first-order valence-electron chi connectivity index (χ1n) is 8.92. The average molecular weight is 327 g/mol. The van der Waals surface area contributed by atoms with Gasteiger partial charge in [0.1, 0.15) is 0 Å². The first-order valence-corrected chi connectivity index (χ1v) is 8.92. The van der Waals surface area contributed by atoms with Gasteiger partial charge in [-0.1, -0.05) is 12.1 Å². The van der Waals surface area contributed by atoms with Crippen LogP contribution in [0.25, 0.3) is 11.0 Å². The second-order valence-corrected chi connectivity index (χ2v) is 7.04. The molecule has 0 bridgehead atoms. The summed E-state index contributed by atoms with van der Waals surface area (Å²) in [5, 5.41) is 10.3. The fourth-order valence-electron chi connectivity index (χ4n) is 4.33. The van der Waals surface area contributed by atoms with Crippen LogP contribution in [0.15, 0.2) is 24.3 Å². The molecule has 1 spiro atoms. The normalized spacial score (nSPS) is 25.9. The summed E-state index contributed by atoms with van der Waals surface area (Å²) in [6.07, 6.45) is 2.67. The first-order chi connectivity index (χ1) is 11.6. The predicted octanol–water partition coefficient (Wildman–Crippen LogP) is 2.69. The number of aliphatic hydroxyl groups excluding tert-OH is 1. The molecule has 1 N–H and O–H groups in total. The van der Waals surface area contributed by atoms with E-state index in [2.05, 4.69) is 4.90 Å². The summed E-state index contributed by atoms with van der Waals surface area (Å²) in [4.78, 5) is 11.9. The fraction of sp³-hybridized carbons (Fsp3) is 0.579. The smallest absolute Gasteiger partial charge is 0.150 e. The summed E-state index contributed by atoms with van der Waals surface area (Å²) in [5.74, 6) is 0.977. The van der Waals surface area contributed by atoms with E-state index in [4.69, 9.17) is 14.7 Å². The lowest BCUT2D eigenvalue weighted by atomic mass is 9.58. The van der Waals surface area contributed by atoms with Gasteiger partial charge in [0.25, 0.3) is 0 Å². The second-order valence-electron chi connectivity index (χ2n) is 7.04. The van der Waals surface area contributed by atoms with E-state index in [1.165, 1.54) is 0 Å². The minimum Gasteiger partial charge on any atom is -0.392 e. The monoisotopic (exact) mass is 327 g/mol. The van der Waals surface area contributed by atoms with Crippen molar-refractivity contribution < 1.29 is 9.84 Å². The molecule has 5 nitrogen and oxygen atoms in total. The minimum absolute atomic E-state index is 0.0509. The van der Waals surface area contributed by atoms with Crippen LogP contribution in [0, 0.1) is 12.3 Å². The molecule has 1 aromatic carbocycles. The van der Waals surface area contributed by atoms with Crippen molar-refractivity contribution in [2.45, 2.75) is 45.3 Å². The molecule has 4 rings (SSSR count). The maximum absolute atomic E-state index is 10.3. The lowest BCUT2D eigenvalue weighted by Gasteiger charge is -2.56. The van der Waals surface area contributed by atoms with E-state index in [1.54, 1.807) is 0 Å². The third kappa shape index (κ3) is 2.38. The van der Waals surface area contributed by atoms with Gasteiger partial charge in [0.15, 0.2) is 5.82 Å². The Labute approximate surface area is 142 Å². The predicted molar refractivity (Wildman–Crippen MR) is 94.2 cm³/mol. The standard InChI is InChI=1S/C19H25N3O2/c1-3-24-17-12-16(23)19(17)8-10-22(11-9-19)18-13(2)20-14-6-4-5-7-15(14)21-18/h4-7,16-17,23H,3,8-12H2,1-2H3/t16-,17+/m0/s1. The molecule has 1 aliphatic carbocycles. The Balaban J connectivity index is 1.55. The molecule has 2 heterocycles. The Kier molecular flexibility index (Phi) is 3.93. The lowest BCUT2D eigenvalue weighted by molar-refractivity contribution is -0.199. The first kappa shape index (κ1) is 15.8. The van der Waals surface area contributed by atoms with Crippen LogP contribution in [0.5, 0.6) is 0 Å². The van der Waals surface area contributed by atoms with Crippen LogP contribution < -0.4 is 4.90 Å². The Hall–Kier alpha value is -1.72. The third-order valence-electron chi connectivity index (χ3n) is 5.82. The third-order valence-corrected chi connectivity index (χ3v) is 5.82. The quantitative estimate of drug-likeness (QED) is 0.939. The second kappa shape index (κ2) is 5.97. The van der Waals surface area contributed by atoms with Crippen LogP contribution in [0.1, 0.15) is 31.9 Å². The highest BCUT2D eigenvalue weighted by molar-refractivity contribution is 5.76. The van der Waals surface area contributed by atoms with Crippen LogP contribution in [0.4, 0.5) is 5.82 Å². The van der Waals surface area contributed by atoms with Crippen molar-refractivity contribution in [3.63, 3.8) is 0 Å². The number of hydrogen-bond acceptors (Lipinski definition) is 5. The molecule has 2 aliphatic rings. The van der Waals surface area contributed by atoms with Crippen LogP contribution in [-0.4, -0.2) is 47.0 Å². The van der Waals surface area contributed by atoms with Gasteiger partial charge in [0.05, 0.1) is 28.9 Å². The SMILES string of the molecule is CCO[C@@H]1C[C@H](O)C12CCN(c1nc3ccccc3nc1C)CC2. The van der Waals surface area contributed by atoms with E-state index < -0.39 is 0 Å². The van der Waals surface area contributed by atoms with Crippen molar-refractivity contribution in [2.24, 2.45) is 5.41 Å². The molecule has 0 radical (unpaired) electrons. The molecule has 1 saturated heterocycles. The number of ether oxygens (including phenoxy) is 1.